The van der Waals surface area contributed by atoms with Gasteiger partial charge in [0, 0.05) is 36.6 Å². The molecule has 1 aromatic carbocycles. The molecule has 3 heterocycles. The van der Waals surface area contributed by atoms with Crippen molar-refractivity contribution in [2.24, 2.45) is 11.8 Å². The maximum atomic E-state index is 11.1. The van der Waals surface area contributed by atoms with E-state index in [1.165, 1.54) is 44.3 Å². The lowest BCUT2D eigenvalue weighted by molar-refractivity contribution is -0.137. The van der Waals surface area contributed by atoms with Crippen LogP contribution in [0.4, 0.5) is 0 Å². The fraction of sp³-hybridized carbons (Fsp3) is 0.682. The van der Waals surface area contributed by atoms with E-state index < -0.39 is 5.97 Å². The first-order chi connectivity index (χ1) is 13.1. The van der Waals surface area contributed by atoms with E-state index in [9.17, 15) is 4.79 Å². The van der Waals surface area contributed by atoms with E-state index in [-0.39, 0.29) is 6.42 Å². The van der Waals surface area contributed by atoms with E-state index in [1.54, 1.807) is 0 Å². The van der Waals surface area contributed by atoms with Crippen molar-refractivity contribution in [1.29, 1.82) is 0 Å². The van der Waals surface area contributed by atoms with Gasteiger partial charge in [-0.15, -0.1) is 0 Å². The minimum atomic E-state index is -0.670. The van der Waals surface area contributed by atoms with Gasteiger partial charge in [-0.25, -0.2) is 0 Å². The number of hydrogen-bond acceptors (Lipinski definition) is 3. The van der Waals surface area contributed by atoms with Crippen LogP contribution >= 0.6 is 11.6 Å². The van der Waals surface area contributed by atoms with Crippen molar-refractivity contribution in [3.8, 4) is 0 Å². The molecule has 0 spiro atoms. The zero-order valence-electron chi connectivity index (χ0n) is 16.0. The number of halogens is 1. The van der Waals surface area contributed by atoms with Crippen LogP contribution < -0.4 is 0 Å². The Balaban J connectivity index is 1.54. The summed E-state index contributed by atoms with van der Waals surface area (Å²) in [4.78, 5) is 16.5. The molecule has 3 aliphatic heterocycles. The van der Waals surface area contributed by atoms with E-state index in [2.05, 4.69) is 21.9 Å². The van der Waals surface area contributed by atoms with E-state index in [0.29, 0.717) is 12.0 Å². The highest BCUT2D eigenvalue weighted by molar-refractivity contribution is 6.30. The molecule has 1 aromatic rings. The summed E-state index contributed by atoms with van der Waals surface area (Å²) in [5.41, 5.74) is 1.31. The van der Waals surface area contributed by atoms with Crippen molar-refractivity contribution in [3.63, 3.8) is 0 Å². The van der Waals surface area contributed by atoms with E-state index >= 15 is 0 Å². The number of carbonyl (C=O) groups is 1. The summed E-state index contributed by atoms with van der Waals surface area (Å²) in [7, 11) is 0. The first kappa shape index (κ1) is 19.2. The van der Waals surface area contributed by atoms with Crippen LogP contribution in [0.5, 0.6) is 0 Å². The lowest BCUT2D eigenvalue weighted by Gasteiger charge is -2.57. The normalized spacial score (nSPS) is 31.4. The van der Waals surface area contributed by atoms with Crippen molar-refractivity contribution >= 4 is 17.6 Å². The van der Waals surface area contributed by atoms with E-state index in [4.69, 9.17) is 16.7 Å². The second-order valence-corrected chi connectivity index (χ2v) is 9.08. The Morgan fingerprint density at radius 1 is 1.15 bits per heavy atom. The third-order valence-electron chi connectivity index (χ3n) is 6.97. The maximum Gasteiger partial charge on any atom is 0.303 e. The molecule has 1 N–H and O–H groups in total. The number of likely N-dealkylation sites (tertiary alicyclic amines) is 1. The van der Waals surface area contributed by atoms with Gasteiger partial charge in [-0.2, -0.15) is 0 Å². The molecule has 0 radical (unpaired) electrons. The standard InChI is InChI=1S/C22H31ClN2O2/c23-18-10-8-16(9-11-18)14-25-15-17-4-2-12-24-13-3-5-19(22(17)24)20(25)6-1-7-21(26)27/h8-11,17,19-20,22H,1-7,12-15H2,(H,26,27)/t17-,19-,20-,22+/m1/s1. The van der Waals surface area contributed by atoms with Crippen LogP contribution in [0.25, 0.3) is 0 Å². The molecule has 0 aromatic heterocycles. The molecule has 4 nitrogen and oxygen atoms in total. The Morgan fingerprint density at radius 3 is 2.63 bits per heavy atom. The first-order valence-corrected chi connectivity index (χ1v) is 10.9. The van der Waals surface area contributed by atoms with Crippen LogP contribution in [-0.2, 0) is 11.3 Å². The first-order valence-electron chi connectivity index (χ1n) is 10.6. The quantitative estimate of drug-likeness (QED) is 0.787. The predicted molar refractivity (Wildman–Crippen MR) is 108 cm³/mol. The van der Waals surface area contributed by atoms with Crippen LogP contribution in [-0.4, -0.2) is 52.6 Å². The van der Waals surface area contributed by atoms with Gasteiger partial charge in [-0.3, -0.25) is 14.6 Å². The second kappa shape index (κ2) is 8.50. The number of aliphatic carboxylic acids is 1. The summed E-state index contributed by atoms with van der Waals surface area (Å²) >= 11 is 6.07. The molecule has 3 saturated heterocycles. The zero-order chi connectivity index (χ0) is 18.8. The molecule has 148 valence electrons. The third-order valence-corrected chi connectivity index (χ3v) is 7.22. The van der Waals surface area contributed by atoms with Crippen LogP contribution in [0.3, 0.4) is 0 Å². The third kappa shape index (κ3) is 4.33. The number of piperidine rings is 3. The Kier molecular flexibility index (Phi) is 6.05. The predicted octanol–water partition coefficient (Wildman–Crippen LogP) is 4.27. The number of carboxylic acids is 1. The Bertz CT molecular complexity index is 648. The molecule has 0 amide bonds. The molecular weight excluding hydrogens is 360 g/mol. The van der Waals surface area contributed by atoms with Crippen LogP contribution in [0.15, 0.2) is 24.3 Å². The highest BCUT2D eigenvalue weighted by Crippen LogP contribution is 2.43. The Labute approximate surface area is 167 Å². The average molecular weight is 391 g/mol. The second-order valence-electron chi connectivity index (χ2n) is 8.64. The molecule has 0 bridgehead atoms. The van der Waals surface area contributed by atoms with Gasteiger partial charge in [0.1, 0.15) is 0 Å². The lowest BCUT2D eigenvalue weighted by atomic mass is 9.69. The topological polar surface area (TPSA) is 43.8 Å². The number of rotatable bonds is 6. The number of carboxylic acid groups (broad SMARTS) is 1. The smallest absolute Gasteiger partial charge is 0.303 e. The molecule has 4 rings (SSSR count). The number of nitrogens with zero attached hydrogens (tertiary/aromatic N) is 2. The van der Waals surface area contributed by atoms with Gasteiger partial charge < -0.3 is 5.11 Å². The molecule has 4 atom stereocenters. The van der Waals surface area contributed by atoms with Crippen molar-refractivity contribution < 1.29 is 9.90 Å². The van der Waals surface area contributed by atoms with Crippen LogP contribution in [0, 0.1) is 11.8 Å². The van der Waals surface area contributed by atoms with Gasteiger partial charge in [0.25, 0.3) is 0 Å². The number of hydrogen-bond donors (Lipinski definition) is 1. The van der Waals surface area contributed by atoms with Crippen molar-refractivity contribution in [2.45, 2.75) is 63.6 Å². The molecule has 3 aliphatic rings. The minimum Gasteiger partial charge on any atom is -0.481 e. The van der Waals surface area contributed by atoms with Crippen molar-refractivity contribution in [3.05, 3.63) is 34.9 Å². The summed E-state index contributed by atoms with van der Waals surface area (Å²) in [6, 6.07) is 9.46. The SMILES string of the molecule is O=C(O)CCC[C@@H]1[C@H]2CCCN3CCC[C@H](CN1Cc1ccc(Cl)cc1)[C@@H]23. The highest BCUT2D eigenvalue weighted by Gasteiger charge is 2.48. The van der Waals surface area contributed by atoms with Crippen molar-refractivity contribution in [2.75, 3.05) is 19.6 Å². The Hall–Kier alpha value is -1.10. The molecule has 0 saturated carbocycles. The molecular formula is C22H31ClN2O2. The fourth-order valence-corrected chi connectivity index (χ4v) is 6.07. The van der Waals surface area contributed by atoms with Gasteiger partial charge in [0.05, 0.1) is 0 Å². The lowest BCUT2D eigenvalue weighted by Crippen LogP contribution is -2.64. The van der Waals surface area contributed by atoms with Gasteiger partial charge in [0.15, 0.2) is 0 Å². The molecule has 27 heavy (non-hydrogen) atoms. The van der Waals surface area contributed by atoms with Gasteiger partial charge in [-0.1, -0.05) is 23.7 Å². The average Bonchev–Trinajstić information content (AvgIpc) is 2.66. The minimum absolute atomic E-state index is 0.288. The summed E-state index contributed by atoms with van der Waals surface area (Å²) in [6.45, 7) is 4.63. The van der Waals surface area contributed by atoms with Gasteiger partial charge >= 0.3 is 5.97 Å². The van der Waals surface area contributed by atoms with Gasteiger partial charge in [0.2, 0.25) is 0 Å². The van der Waals surface area contributed by atoms with Crippen LogP contribution in [0.2, 0.25) is 5.02 Å². The monoisotopic (exact) mass is 390 g/mol. The number of benzene rings is 1. The summed E-state index contributed by atoms with van der Waals surface area (Å²) in [5, 5.41) is 9.88. The zero-order valence-corrected chi connectivity index (χ0v) is 16.8. The molecule has 0 unspecified atom stereocenters. The molecule has 3 fully saturated rings. The van der Waals surface area contributed by atoms with E-state index in [0.717, 1.165) is 42.9 Å². The van der Waals surface area contributed by atoms with E-state index in [1.807, 2.05) is 12.1 Å². The molecule has 5 heteroatoms. The Morgan fingerprint density at radius 2 is 1.89 bits per heavy atom. The largest absolute Gasteiger partial charge is 0.481 e. The van der Waals surface area contributed by atoms with Crippen molar-refractivity contribution in [1.82, 2.24) is 9.80 Å². The summed E-state index contributed by atoms with van der Waals surface area (Å²) in [5.74, 6) is 0.793. The fourth-order valence-electron chi connectivity index (χ4n) is 5.95. The maximum absolute atomic E-state index is 11.1. The summed E-state index contributed by atoms with van der Waals surface area (Å²) in [6.07, 6.45) is 7.33. The summed E-state index contributed by atoms with van der Waals surface area (Å²) < 4.78 is 0. The van der Waals surface area contributed by atoms with Gasteiger partial charge in [-0.05, 0) is 81.1 Å². The highest BCUT2D eigenvalue weighted by atomic mass is 35.5. The van der Waals surface area contributed by atoms with Crippen LogP contribution in [0.1, 0.15) is 50.5 Å². The molecule has 0 aliphatic carbocycles.